The summed E-state index contributed by atoms with van der Waals surface area (Å²) in [5.74, 6) is 0.971. The second-order valence-corrected chi connectivity index (χ2v) is 5.94. The summed E-state index contributed by atoms with van der Waals surface area (Å²) < 4.78 is 5.82. The third-order valence-corrected chi connectivity index (χ3v) is 4.19. The lowest BCUT2D eigenvalue weighted by Gasteiger charge is -2.37. The van der Waals surface area contributed by atoms with Crippen molar-refractivity contribution < 1.29 is 9.53 Å². The summed E-state index contributed by atoms with van der Waals surface area (Å²) in [6, 6.07) is 5.66. The molecule has 1 aromatic rings. The van der Waals surface area contributed by atoms with Crippen molar-refractivity contribution in [3.05, 3.63) is 18.2 Å². The molecule has 2 N–H and O–H groups in total. The molecule has 1 amide bonds. The third kappa shape index (κ3) is 2.91. The smallest absolute Gasteiger partial charge is 0.242 e. The normalized spacial score (nSPS) is 21.7. The first-order valence-corrected chi connectivity index (χ1v) is 7.73. The fourth-order valence-electron chi connectivity index (χ4n) is 3.18. The Morgan fingerprint density at radius 1 is 1.33 bits per heavy atom. The number of carbonyl (C=O) groups is 1. The van der Waals surface area contributed by atoms with Gasteiger partial charge in [0.05, 0.1) is 18.8 Å². The molecule has 2 aliphatic rings. The topological polar surface area (TPSA) is 58.8 Å². The van der Waals surface area contributed by atoms with E-state index in [2.05, 4.69) is 4.90 Å². The lowest BCUT2D eigenvalue weighted by molar-refractivity contribution is -0.130. The van der Waals surface area contributed by atoms with Crippen LogP contribution in [0.5, 0.6) is 5.75 Å². The van der Waals surface area contributed by atoms with Crippen molar-refractivity contribution in [1.29, 1.82) is 0 Å². The van der Waals surface area contributed by atoms with E-state index in [1.807, 2.05) is 30.0 Å². The molecule has 0 bridgehead atoms. The monoisotopic (exact) mass is 289 g/mol. The van der Waals surface area contributed by atoms with E-state index in [0.717, 1.165) is 37.4 Å². The number of piperidine rings is 1. The van der Waals surface area contributed by atoms with Crippen LogP contribution in [0.25, 0.3) is 0 Å². The van der Waals surface area contributed by atoms with Gasteiger partial charge in [0.1, 0.15) is 17.5 Å². The van der Waals surface area contributed by atoms with Gasteiger partial charge in [-0.05, 0) is 38.3 Å². The Kier molecular flexibility index (Phi) is 3.90. The zero-order valence-electron chi connectivity index (χ0n) is 12.5. The molecule has 1 saturated heterocycles. The van der Waals surface area contributed by atoms with E-state index in [4.69, 9.17) is 10.5 Å². The Morgan fingerprint density at radius 3 is 2.86 bits per heavy atom. The summed E-state index contributed by atoms with van der Waals surface area (Å²) >= 11 is 0. The number of ether oxygens (including phenoxy) is 1. The molecule has 0 spiro atoms. The lowest BCUT2D eigenvalue weighted by Crippen LogP contribution is -2.47. The van der Waals surface area contributed by atoms with E-state index in [1.54, 1.807) is 0 Å². The highest BCUT2D eigenvalue weighted by molar-refractivity contribution is 5.85. The summed E-state index contributed by atoms with van der Waals surface area (Å²) in [5.41, 5.74) is 7.62. The van der Waals surface area contributed by atoms with Gasteiger partial charge in [0.2, 0.25) is 5.91 Å². The highest BCUT2D eigenvalue weighted by Crippen LogP contribution is 2.38. The molecule has 0 aliphatic carbocycles. The van der Waals surface area contributed by atoms with Crippen molar-refractivity contribution in [2.45, 2.75) is 32.3 Å². The molecule has 3 rings (SSSR count). The van der Waals surface area contributed by atoms with Crippen LogP contribution in [0.1, 0.15) is 26.2 Å². The summed E-state index contributed by atoms with van der Waals surface area (Å²) in [4.78, 5) is 16.5. The Bertz CT molecular complexity index is 526. The molecule has 5 heteroatoms. The number of benzene rings is 1. The molecule has 21 heavy (non-hydrogen) atoms. The van der Waals surface area contributed by atoms with Crippen molar-refractivity contribution in [3.8, 4) is 5.75 Å². The fourth-order valence-corrected chi connectivity index (χ4v) is 3.18. The largest absolute Gasteiger partial charge is 0.487 e. The van der Waals surface area contributed by atoms with Gasteiger partial charge in [-0.25, -0.2) is 0 Å². The molecule has 1 fully saturated rings. The molecule has 5 nitrogen and oxygen atoms in total. The molecule has 1 unspecified atom stereocenters. The number of nitrogens with two attached hydrogens (primary N) is 1. The zero-order valence-corrected chi connectivity index (χ0v) is 12.5. The molecule has 2 heterocycles. The second kappa shape index (κ2) is 5.84. The predicted molar refractivity (Wildman–Crippen MR) is 83.6 cm³/mol. The fraction of sp³-hybridized carbons (Fsp3) is 0.562. The van der Waals surface area contributed by atoms with Crippen LogP contribution in [0, 0.1) is 0 Å². The first kappa shape index (κ1) is 14.0. The van der Waals surface area contributed by atoms with E-state index in [1.165, 1.54) is 6.42 Å². The van der Waals surface area contributed by atoms with Crippen LogP contribution in [-0.4, -0.2) is 43.1 Å². The van der Waals surface area contributed by atoms with Crippen LogP contribution in [0.3, 0.4) is 0 Å². The number of carbonyl (C=O) groups excluding carboxylic acids is 1. The summed E-state index contributed by atoms with van der Waals surface area (Å²) in [5, 5.41) is 0. The van der Waals surface area contributed by atoms with Crippen LogP contribution in [-0.2, 0) is 4.79 Å². The van der Waals surface area contributed by atoms with Gasteiger partial charge in [0, 0.05) is 13.1 Å². The van der Waals surface area contributed by atoms with Crippen molar-refractivity contribution >= 4 is 17.3 Å². The Labute approximate surface area is 125 Å². The maximum Gasteiger partial charge on any atom is 0.242 e. The molecular weight excluding hydrogens is 266 g/mol. The quantitative estimate of drug-likeness (QED) is 0.844. The van der Waals surface area contributed by atoms with Crippen LogP contribution in [0.15, 0.2) is 18.2 Å². The Hall–Kier alpha value is -1.91. The van der Waals surface area contributed by atoms with Gasteiger partial charge in [0.25, 0.3) is 0 Å². The number of nitrogen functional groups attached to an aromatic ring is 1. The number of rotatable bonds is 2. The standard InChI is InChI=1S/C16H23N3O2/c1-12-10-19(11-15(20)18-8-3-2-4-9-18)16-13(17)6-5-7-14(16)21-12/h5-7,12H,2-4,8-11,17H2,1H3. The predicted octanol–water partition coefficient (Wildman–Crippen LogP) is 1.87. The van der Waals surface area contributed by atoms with Crippen LogP contribution >= 0.6 is 0 Å². The summed E-state index contributed by atoms with van der Waals surface area (Å²) in [6.07, 6.45) is 3.52. The Morgan fingerprint density at radius 2 is 2.10 bits per heavy atom. The SMILES string of the molecule is CC1CN(CC(=O)N2CCCCC2)c2c(N)cccc2O1. The van der Waals surface area contributed by atoms with Gasteiger partial charge in [0.15, 0.2) is 0 Å². The number of hydrogen-bond donors (Lipinski definition) is 1. The van der Waals surface area contributed by atoms with E-state index in [9.17, 15) is 4.79 Å². The highest BCUT2D eigenvalue weighted by Gasteiger charge is 2.28. The molecule has 0 saturated carbocycles. The molecule has 114 valence electrons. The van der Waals surface area contributed by atoms with Crippen molar-refractivity contribution in [1.82, 2.24) is 4.90 Å². The van der Waals surface area contributed by atoms with Crippen LogP contribution in [0.4, 0.5) is 11.4 Å². The highest BCUT2D eigenvalue weighted by atomic mass is 16.5. The zero-order chi connectivity index (χ0) is 14.8. The maximum atomic E-state index is 12.5. The van der Waals surface area contributed by atoms with E-state index >= 15 is 0 Å². The number of likely N-dealkylation sites (tertiary alicyclic amines) is 1. The van der Waals surface area contributed by atoms with Crippen molar-refractivity contribution in [3.63, 3.8) is 0 Å². The van der Waals surface area contributed by atoms with Crippen LogP contribution < -0.4 is 15.4 Å². The maximum absolute atomic E-state index is 12.5. The number of para-hydroxylation sites is 1. The van der Waals surface area contributed by atoms with Gasteiger partial charge in [-0.2, -0.15) is 0 Å². The number of fused-ring (bicyclic) bond motifs is 1. The number of nitrogens with zero attached hydrogens (tertiary/aromatic N) is 2. The van der Waals surface area contributed by atoms with E-state index in [0.29, 0.717) is 18.8 Å². The molecule has 1 aromatic carbocycles. The molecular formula is C16H23N3O2. The molecule has 1 atom stereocenters. The van der Waals surface area contributed by atoms with E-state index < -0.39 is 0 Å². The first-order valence-electron chi connectivity index (χ1n) is 7.73. The minimum atomic E-state index is 0.0634. The third-order valence-electron chi connectivity index (χ3n) is 4.19. The van der Waals surface area contributed by atoms with Crippen molar-refractivity contribution in [2.75, 3.05) is 36.8 Å². The average Bonchev–Trinajstić information content (AvgIpc) is 2.47. The minimum absolute atomic E-state index is 0.0634. The Balaban J connectivity index is 1.78. The first-order chi connectivity index (χ1) is 10.1. The van der Waals surface area contributed by atoms with Gasteiger partial charge < -0.3 is 20.3 Å². The number of hydrogen-bond acceptors (Lipinski definition) is 4. The minimum Gasteiger partial charge on any atom is -0.487 e. The van der Waals surface area contributed by atoms with Gasteiger partial charge in [-0.15, -0.1) is 0 Å². The van der Waals surface area contributed by atoms with Gasteiger partial charge in [-0.3, -0.25) is 4.79 Å². The van der Waals surface area contributed by atoms with E-state index in [-0.39, 0.29) is 12.0 Å². The summed E-state index contributed by atoms with van der Waals surface area (Å²) in [6.45, 7) is 4.87. The van der Waals surface area contributed by atoms with Gasteiger partial charge in [-0.1, -0.05) is 6.07 Å². The molecule has 0 aromatic heterocycles. The van der Waals surface area contributed by atoms with Crippen LogP contribution in [0.2, 0.25) is 0 Å². The average molecular weight is 289 g/mol. The lowest BCUT2D eigenvalue weighted by atomic mass is 10.1. The van der Waals surface area contributed by atoms with Gasteiger partial charge >= 0.3 is 0 Å². The number of amides is 1. The summed E-state index contributed by atoms with van der Waals surface area (Å²) in [7, 11) is 0. The number of anilines is 2. The molecule has 2 aliphatic heterocycles. The van der Waals surface area contributed by atoms with Crippen molar-refractivity contribution in [2.24, 2.45) is 0 Å². The second-order valence-electron chi connectivity index (χ2n) is 5.94. The molecule has 0 radical (unpaired) electrons.